The number of rotatable bonds is 6. The standard InChI is InChI=1S/C18H20N2O3/c1-13-5-3-4-6-14(13)12-19-17(21)11-18(22)20-15-7-9-16(23-2)10-8-15/h3-10H,11-12H2,1-2H3,(H,19,21)(H,20,22). The van der Waals surface area contributed by atoms with E-state index in [-0.39, 0.29) is 18.2 Å². The highest BCUT2D eigenvalue weighted by molar-refractivity contribution is 6.03. The lowest BCUT2D eigenvalue weighted by Gasteiger charge is -2.09. The van der Waals surface area contributed by atoms with Gasteiger partial charge in [0, 0.05) is 12.2 Å². The maximum atomic E-state index is 11.9. The molecule has 2 aromatic rings. The van der Waals surface area contributed by atoms with E-state index < -0.39 is 0 Å². The van der Waals surface area contributed by atoms with Crippen molar-refractivity contribution in [1.82, 2.24) is 5.32 Å². The molecular weight excluding hydrogens is 292 g/mol. The number of methoxy groups -OCH3 is 1. The summed E-state index contributed by atoms with van der Waals surface area (Å²) in [6.07, 6.45) is -0.210. The van der Waals surface area contributed by atoms with E-state index in [1.54, 1.807) is 31.4 Å². The summed E-state index contributed by atoms with van der Waals surface area (Å²) < 4.78 is 5.05. The van der Waals surface area contributed by atoms with Crippen LogP contribution >= 0.6 is 0 Å². The number of amides is 2. The number of nitrogens with one attached hydrogen (secondary N) is 2. The fourth-order valence-corrected chi connectivity index (χ4v) is 2.09. The minimum absolute atomic E-state index is 0.210. The van der Waals surface area contributed by atoms with Gasteiger partial charge in [0.15, 0.2) is 0 Å². The van der Waals surface area contributed by atoms with Crippen LogP contribution in [0.5, 0.6) is 5.75 Å². The Balaban J connectivity index is 1.80. The van der Waals surface area contributed by atoms with Crippen LogP contribution in [-0.4, -0.2) is 18.9 Å². The highest BCUT2D eigenvalue weighted by Crippen LogP contribution is 2.15. The Labute approximate surface area is 135 Å². The number of hydrogen-bond acceptors (Lipinski definition) is 3. The fraction of sp³-hybridized carbons (Fsp3) is 0.222. The van der Waals surface area contributed by atoms with Gasteiger partial charge in [-0.25, -0.2) is 0 Å². The molecule has 0 atom stereocenters. The summed E-state index contributed by atoms with van der Waals surface area (Å²) in [5.74, 6) is 0.0516. The summed E-state index contributed by atoms with van der Waals surface area (Å²) in [6.45, 7) is 2.40. The molecule has 0 heterocycles. The first kappa shape index (κ1) is 16.5. The Kier molecular flexibility index (Phi) is 5.74. The number of benzene rings is 2. The quantitative estimate of drug-likeness (QED) is 0.806. The highest BCUT2D eigenvalue weighted by atomic mass is 16.5. The monoisotopic (exact) mass is 312 g/mol. The molecule has 2 aromatic carbocycles. The van der Waals surface area contributed by atoms with Gasteiger partial charge in [0.1, 0.15) is 12.2 Å². The largest absolute Gasteiger partial charge is 0.497 e. The van der Waals surface area contributed by atoms with Crippen LogP contribution in [0.1, 0.15) is 17.5 Å². The van der Waals surface area contributed by atoms with Crippen molar-refractivity contribution in [2.24, 2.45) is 0 Å². The van der Waals surface area contributed by atoms with E-state index in [4.69, 9.17) is 4.74 Å². The molecule has 0 unspecified atom stereocenters. The first-order chi connectivity index (χ1) is 11.1. The molecule has 0 bridgehead atoms. The third kappa shape index (κ3) is 5.14. The van der Waals surface area contributed by atoms with Crippen molar-refractivity contribution in [3.8, 4) is 5.75 Å². The van der Waals surface area contributed by atoms with Crippen LogP contribution in [0.4, 0.5) is 5.69 Å². The lowest BCUT2D eigenvalue weighted by Crippen LogP contribution is -2.28. The predicted octanol–water partition coefficient (Wildman–Crippen LogP) is 2.65. The number of aryl methyl sites for hydroxylation is 1. The van der Waals surface area contributed by atoms with Gasteiger partial charge in [-0.05, 0) is 42.3 Å². The van der Waals surface area contributed by atoms with Crippen molar-refractivity contribution in [2.75, 3.05) is 12.4 Å². The van der Waals surface area contributed by atoms with Gasteiger partial charge in [0.05, 0.1) is 7.11 Å². The summed E-state index contributed by atoms with van der Waals surface area (Å²) in [4.78, 5) is 23.7. The van der Waals surface area contributed by atoms with Crippen LogP contribution in [0.3, 0.4) is 0 Å². The van der Waals surface area contributed by atoms with Crippen molar-refractivity contribution >= 4 is 17.5 Å². The first-order valence-electron chi connectivity index (χ1n) is 7.33. The second-order valence-corrected chi connectivity index (χ2v) is 5.16. The average molecular weight is 312 g/mol. The molecule has 5 nitrogen and oxygen atoms in total. The zero-order valence-electron chi connectivity index (χ0n) is 13.3. The van der Waals surface area contributed by atoms with E-state index in [0.29, 0.717) is 18.0 Å². The van der Waals surface area contributed by atoms with Crippen LogP contribution in [0.25, 0.3) is 0 Å². The molecule has 0 aliphatic carbocycles. The molecule has 0 fully saturated rings. The lowest BCUT2D eigenvalue weighted by atomic mass is 10.1. The van der Waals surface area contributed by atoms with Gasteiger partial charge in [-0.2, -0.15) is 0 Å². The first-order valence-corrected chi connectivity index (χ1v) is 7.33. The van der Waals surface area contributed by atoms with Gasteiger partial charge in [-0.1, -0.05) is 24.3 Å². The fourth-order valence-electron chi connectivity index (χ4n) is 2.09. The van der Waals surface area contributed by atoms with E-state index in [1.807, 2.05) is 31.2 Å². The molecule has 0 saturated heterocycles. The minimum atomic E-state index is -0.350. The van der Waals surface area contributed by atoms with Crippen LogP contribution in [0, 0.1) is 6.92 Å². The van der Waals surface area contributed by atoms with Crippen molar-refractivity contribution in [1.29, 1.82) is 0 Å². The molecule has 5 heteroatoms. The molecule has 0 saturated carbocycles. The molecule has 120 valence electrons. The zero-order chi connectivity index (χ0) is 16.7. The third-order valence-electron chi connectivity index (χ3n) is 3.43. The van der Waals surface area contributed by atoms with Crippen LogP contribution in [-0.2, 0) is 16.1 Å². The molecule has 0 spiro atoms. The Morgan fingerprint density at radius 1 is 1.00 bits per heavy atom. The van der Waals surface area contributed by atoms with Gasteiger partial charge in [0.25, 0.3) is 0 Å². The van der Waals surface area contributed by atoms with Crippen molar-refractivity contribution in [2.45, 2.75) is 19.9 Å². The Morgan fingerprint density at radius 2 is 1.70 bits per heavy atom. The number of anilines is 1. The minimum Gasteiger partial charge on any atom is -0.497 e. The topological polar surface area (TPSA) is 67.4 Å². The number of hydrogen-bond donors (Lipinski definition) is 2. The SMILES string of the molecule is COc1ccc(NC(=O)CC(=O)NCc2ccccc2C)cc1. The predicted molar refractivity (Wildman–Crippen MR) is 89.3 cm³/mol. The summed E-state index contributed by atoms with van der Waals surface area (Å²) >= 11 is 0. The lowest BCUT2D eigenvalue weighted by molar-refractivity contribution is -0.126. The number of ether oxygens (including phenoxy) is 1. The van der Waals surface area contributed by atoms with Crippen molar-refractivity contribution in [3.63, 3.8) is 0 Å². The highest BCUT2D eigenvalue weighted by Gasteiger charge is 2.10. The summed E-state index contributed by atoms with van der Waals surface area (Å²) in [6, 6.07) is 14.7. The van der Waals surface area contributed by atoms with E-state index in [0.717, 1.165) is 11.1 Å². The van der Waals surface area contributed by atoms with E-state index in [9.17, 15) is 9.59 Å². The Bertz CT molecular complexity index is 681. The van der Waals surface area contributed by atoms with Crippen LogP contribution in [0.2, 0.25) is 0 Å². The van der Waals surface area contributed by atoms with Crippen LogP contribution in [0.15, 0.2) is 48.5 Å². The Morgan fingerprint density at radius 3 is 2.35 bits per heavy atom. The summed E-state index contributed by atoms with van der Waals surface area (Å²) in [5, 5.41) is 5.43. The smallest absolute Gasteiger partial charge is 0.233 e. The molecular formula is C18H20N2O3. The normalized spacial score (nSPS) is 10.0. The molecule has 2 rings (SSSR count). The molecule has 0 aromatic heterocycles. The molecule has 0 aliphatic heterocycles. The zero-order valence-corrected chi connectivity index (χ0v) is 13.3. The van der Waals surface area contributed by atoms with E-state index in [1.165, 1.54) is 0 Å². The van der Waals surface area contributed by atoms with Gasteiger partial charge in [-0.15, -0.1) is 0 Å². The molecule has 23 heavy (non-hydrogen) atoms. The van der Waals surface area contributed by atoms with Gasteiger partial charge >= 0.3 is 0 Å². The second kappa shape index (κ2) is 7.98. The van der Waals surface area contributed by atoms with Crippen LogP contribution < -0.4 is 15.4 Å². The van der Waals surface area contributed by atoms with E-state index >= 15 is 0 Å². The second-order valence-electron chi connectivity index (χ2n) is 5.16. The molecule has 0 aliphatic rings. The number of carbonyl (C=O) groups excluding carboxylic acids is 2. The van der Waals surface area contributed by atoms with E-state index in [2.05, 4.69) is 10.6 Å². The summed E-state index contributed by atoms with van der Waals surface area (Å²) in [7, 11) is 1.58. The molecule has 0 radical (unpaired) electrons. The van der Waals surface area contributed by atoms with Crippen molar-refractivity contribution in [3.05, 3.63) is 59.7 Å². The Hall–Kier alpha value is -2.82. The maximum absolute atomic E-state index is 11.9. The van der Waals surface area contributed by atoms with Gasteiger partial charge in [0.2, 0.25) is 11.8 Å². The maximum Gasteiger partial charge on any atom is 0.233 e. The molecule has 2 amide bonds. The number of carbonyl (C=O) groups is 2. The van der Waals surface area contributed by atoms with Gasteiger partial charge < -0.3 is 15.4 Å². The third-order valence-corrected chi connectivity index (χ3v) is 3.43. The van der Waals surface area contributed by atoms with Gasteiger partial charge in [-0.3, -0.25) is 9.59 Å². The molecule has 2 N–H and O–H groups in total. The average Bonchev–Trinajstić information content (AvgIpc) is 2.54. The summed E-state index contributed by atoms with van der Waals surface area (Å²) in [5.41, 5.74) is 2.77. The van der Waals surface area contributed by atoms with Crippen molar-refractivity contribution < 1.29 is 14.3 Å².